The number of Topliss-reactive ketones (excluding diaryl/α,β-unsaturated/α-hetero) is 2. The Balaban J connectivity index is 1.91. The maximum absolute atomic E-state index is 12.5. The molecular weight excluding hydrogens is 308 g/mol. The summed E-state index contributed by atoms with van der Waals surface area (Å²) in [5, 5.41) is 9.17. The molecular formula is C18H14N2O4. The van der Waals surface area contributed by atoms with E-state index < -0.39 is 11.8 Å². The quantitative estimate of drug-likeness (QED) is 0.774. The summed E-state index contributed by atoms with van der Waals surface area (Å²) in [5.74, 6) is -1.16. The van der Waals surface area contributed by atoms with Crippen molar-refractivity contribution >= 4 is 17.3 Å². The van der Waals surface area contributed by atoms with Crippen molar-refractivity contribution in [1.82, 2.24) is 0 Å². The molecule has 6 nitrogen and oxygen atoms in total. The van der Waals surface area contributed by atoms with Crippen LogP contribution in [0.2, 0.25) is 0 Å². The summed E-state index contributed by atoms with van der Waals surface area (Å²) < 4.78 is 10.6. The van der Waals surface area contributed by atoms with Gasteiger partial charge in [-0.15, -0.1) is 0 Å². The highest BCUT2D eigenvalue weighted by Crippen LogP contribution is 2.42. The van der Waals surface area contributed by atoms with Gasteiger partial charge in [-0.3, -0.25) is 14.6 Å². The standard InChI is InChI=1S/C18H14N2O4/c19-5-10-2-1-3-11(4-10)16-17-12(6-23-8-14(17)21)20-13-7-24-9-15(22)18(13)16/h1-4,16-17H,6-9H2. The number of rotatable bonds is 1. The van der Waals surface area contributed by atoms with E-state index in [4.69, 9.17) is 14.7 Å². The van der Waals surface area contributed by atoms with Crippen molar-refractivity contribution in [3.63, 3.8) is 0 Å². The van der Waals surface area contributed by atoms with Crippen LogP contribution in [0.4, 0.5) is 0 Å². The summed E-state index contributed by atoms with van der Waals surface area (Å²) in [7, 11) is 0. The Bertz CT molecular complexity index is 847. The number of nitrogens with zero attached hydrogens (tertiary/aromatic N) is 2. The largest absolute Gasteiger partial charge is 0.368 e. The lowest BCUT2D eigenvalue weighted by Crippen LogP contribution is -2.45. The summed E-state index contributed by atoms with van der Waals surface area (Å²) in [4.78, 5) is 29.5. The Morgan fingerprint density at radius 1 is 1.08 bits per heavy atom. The van der Waals surface area contributed by atoms with E-state index in [0.29, 0.717) is 22.5 Å². The van der Waals surface area contributed by atoms with E-state index in [-0.39, 0.29) is 38.0 Å². The smallest absolute Gasteiger partial charge is 0.187 e. The predicted octanol–water partition coefficient (Wildman–Crippen LogP) is 1.17. The highest BCUT2D eigenvalue weighted by molar-refractivity contribution is 6.13. The first kappa shape index (κ1) is 14.9. The number of nitriles is 1. The third kappa shape index (κ3) is 2.30. The maximum Gasteiger partial charge on any atom is 0.187 e. The molecule has 3 aliphatic heterocycles. The molecule has 0 saturated carbocycles. The van der Waals surface area contributed by atoms with E-state index in [9.17, 15) is 9.59 Å². The third-order valence-corrected chi connectivity index (χ3v) is 4.58. The zero-order chi connectivity index (χ0) is 16.7. The average Bonchev–Trinajstić information content (AvgIpc) is 2.60. The van der Waals surface area contributed by atoms with Crippen LogP contribution in [0.1, 0.15) is 17.0 Å². The van der Waals surface area contributed by atoms with Gasteiger partial charge in [0.1, 0.15) is 13.2 Å². The van der Waals surface area contributed by atoms with Gasteiger partial charge in [-0.1, -0.05) is 12.1 Å². The second-order valence-corrected chi connectivity index (χ2v) is 6.03. The molecule has 1 saturated heterocycles. The number of hydrogen-bond acceptors (Lipinski definition) is 6. The van der Waals surface area contributed by atoms with Gasteiger partial charge in [0.05, 0.1) is 42.2 Å². The zero-order valence-electron chi connectivity index (χ0n) is 12.8. The molecule has 1 aromatic rings. The van der Waals surface area contributed by atoms with Crippen LogP contribution in [-0.4, -0.2) is 43.7 Å². The van der Waals surface area contributed by atoms with Crippen molar-refractivity contribution in [3.05, 3.63) is 46.7 Å². The maximum atomic E-state index is 12.5. The number of fused-ring (bicyclic) bond motifs is 1. The van der Waals surface area contributed by atoms with E-state index in [0.717, 1.165) is 5.56 Å². The number of ether oxygens (including phenoxy) is 2. The van der Waals surface area contributed by atoms with E-state index in [2.05, 4.69) is 11.1 Å². The molecule has 0 aromatic heterocycles. The highest BCUT2D eigenvalue weighted by atomic mass is 16.5. The van der Waals surface area contributed by atoms with Crippen LogP contribution in [0.15, 0.2) is 40.5 Å². The zero-order valence-corrected chi connectivity index (χ0v) is 12.8. The SMILES string of the molecule is N#Cc1cccc(C2C3=C(COCC3=O)N=C3COCC(=O)C32)c1. The number of carbonyl (C=O) groups is 2. The van der Waals surface area contributed by atoms with Crippen LogP contribution in [0.25, 0.3) is 0 Å². The normalized spacial score (nSPS) is 26.4. The van der Waals surface area contributed by atoms with E-state index >= 15 is 0 Å². The Morgan fingerprint density at radius 3 is 2.75 bits per heavy atom. The Hall–Kier alpha value is -2.62. The summed E-state index contributed by atoms with van der Waals surface area (Å²) in [5.41, 5.74) is 3.03. The fourth-order valence-electron chi connectivity index (χ4n) is 3.60. The van der Waals surface area contributed by atoms with Crippen LogP contribution < -0.4 is 0 Å². The average molecular weight is 322 g/mol. The minimum absolute atomic E-state index is 0.00443. The van der Waals surface area contributed by atoms with E-state index in [1.54, 1.807) is 18.2 Å². The van der Waals surface area contributed by atoms with Crippen LogP contribution in [-0.2, 0) is 19.1 Å². The van der Waals surface area contributed by atoms with Gasteiger partial charge in [0.25, 0.3) is 0 Å². The van der Waals surface area contributed by atoms with Gasteiger partial charge in [0, 0.05) is 11.5 Å². The fraction of sp³-hybridized carbons (Fsp3) is 0.333. The number of aliphatic imine (C=N–C) groups is 1. The van der Waals surface area contributed by atoms with Crippen molar-refractivity contribution in [3.8, 4) is 6.07 Å². The van der Waals surface area contributed by atoms with Crippen LogP contribution in [0, 0.1) is 17.2 Å². The molecule has 2 unspecified atom stereocenters. The van der Waals surface area contributed by atoms with Crippen molar-refractivity contribution in [2.24, 2.45) is 10.9 Å². The summed E-state index contributed by atoms with van der Waals surface area (Å²) in [6.45, 7) is 0.538. The minimum atomic E-state index is -0.506. The van der Waals surface area contributed by atoms with Gasteiger partial charge in [-0.25, -0.2) is 0 Å². The molecule has 24 heavy (non-hydrogen) atoms. The second kappa shape index (κ2) is 5.78. The van der Waals surface area contributed by atoms with Crippen LogP contribution in [0.3, 0.4) is 0 Å². The molecule has 120 valence electrons. The van der Waals surface area contributed by atoms with E-state index in [1.165, 1.54) is 0 Å². The van der Waals surface area contributed by atoms with Gasteiger partial charge in [0.2, 0.25) is 0 Å². The van der Waals surface area contributed by atoms with Crippen molar-refractivity contribution in [1.29, 1.82) is 5.26 Å². The fourth-order valence-corrected chi connectivity index (χ4v) is 3.60. The molecule has 0 N–H and O–H groups in total. The van der Waals surface area contributed by atoms with E-state index in [1.807, 2.05) is 6.07 Å². The Kier molecular flexibility index (Phi) is 3.60. The molecule has 0 spiro atoms. The van der Waals surface area contributed by atoms with Gasteiger partial charge < -0.3 is 9.47 Å². The molecule has 4 rings (SSSR count). The molecule has 2 atom stereocenters. The molecule has 0 radical (unpaired) electrons. The lowest BCUT2D eigenvalue weighted by Gasteiger charge is -2.37. The first-order chi connectivity index (χ1) is 11.7. The first-order valence-corrected chi connectivity index (χ1v) is 7.71. The molecule has 1 fully saturated rings. The van der Waals surface area contributed by atoms with Gasteiger partial charge >= 0.3 is 0 Å². The molecule has 3 heterocycles. The van der Waals surface area contributed by atoms with Crippen LogP contribution in [0.5, 0.6) is 0 Å². The van der Waals surface area contributed by atoms with Crippen molar-refractivity contribution < 1.29 is 19.1 Å². The second-order valence-electron chi connectivity index (χ2n) is 6.03. The topological polar surface area (TPSA) is 88.8 Å². The summed E-state index contributed by atoms with van der Waals surface area (Å²) in [6, 6.07) is 9.17. The predicted molar refractivity (Wildman–Crippen MR) is 83.5 cm³/mol. The van der Waals surface area contributed by atoms with Crippen LogP contribution >= 0.6 is 0 Å². The number of benzene rings is 1. The Morgan fingerprint density at radius 2 is 1.92 bits per heavy atom. The van der Waals surface area contributed by atoms with Gasteiger partial charge in [-0.2, -0.15) is 5.26 Å². The molecule has 1 aromatic carbocycles. The first-order valence-electron chi connectivity index (χ1n) is 7.71. The van der Waals surface area contributed by atoms with Gasteiger partial charge in [-0.05, 0) is 17.7 Å². The molecule has 6 heteroatoms. The third-order valence-electron chi connectivity index (χ3n) is 4.58. The molecule has 0 amide bonds. The monoisotopic (exact) mass is 322 g/mol. The lowest BCUT2D eigenvalue weighted by molar-refractivity contribution is -0.127. The summed E-state index contributed by atoms with van der Waals surface area (Å²) in [6.07, 6.45) is 0. The molecule has 0 aliphatic carbocycles. The Labute approximate surface area is 138 Å². The lowest BCUT2D eigenvalue weighted by atomic mass is 9.71. The minimum Gasteiger partial charge on any atom is -0.368 e. The van der Waals surface area contributed by atoms with Crippen molar-refractivity contribution in [2.75, 3.05) is 26.4 Å². The number of ketones is 2. The van der Waals surface area contributed by atoms with Crippen molar-refractivity contribution in [2.45, 2.75) is 5.92 Å². The number of hydrogen-bond donors (Lipinski definition) is 0. The number of carbonyl (C=O) groups excluding carboxylic acids is 2. The molecule has 0 bridgehead atoms. The molecule has 3 aliphatic rings. The highest BCUT2D eigenvalue weighted by Gasteiger charge is 2.45. The van der Waals surface area contributed by atoms with Gasteiger partial charge in [0.15, 0.2) is 11.6 Å². The summed E-state index contributed by atoms with van der Waals surface area (Å²) >= 11 is 0.